The molecule has 0 radical (unpaired) electrons. The van der Waals surface area contributed by atoms with Gasteiger partial charge in [0, 0.05) is 25.7 Å². The van der Waals surface area contributed by atoms with Crippen LogP contribution < -0.4 is 22.1 Å². The first-order chi connectivity index (χ1) is 22.5. The lowest BCUT2D eigenvalue weighted by Gasteiger charge is -2.55. The van der Waals surface area contributed by atoms with Crippen molar-refractivity contribution in [2.75, 3.05) is 26.2 Å². The molecular formula is C38H56N6O3. The van der Waals surface area contributed by atoms with Gasteiger partial charge >= 0.3 is 0 Å². The summed E-state index contributed by atoms with van der Waals surface area (Å²) in [4.78, 5) is 34.4. The van der Waals surface area contributed by atoms with E-state index in [1.165, 1.54) is 11.1 Å². The van der Waals surface area contributed by atoms with Gasteiger partial charge in [-0.1, -0.05) is 76.9 Å². The van der Waals surface area contributed by atoms with Crippen LogP contribution in [0, 0.1) is 17.8 Å². The number of nitrogens with two attached hydrogens (primary N) is 2. The first-order valence-electron chi connectivity index (χ1n) is 17.7. The highest BCUT2D eigenvalue weighted by Gasteiger charge is 2.62. The number of aliphatic imine (C=N–C) groups is 1. The van der Waals surface area contributed by atoms with Crippen LogP contribution in [0.25, 0.3) is 0 Å². The van der Waals surface area contributed by atoms with E-state index in [1.807, 2.05) is 30.3 Å². The van der Waals surface area contributed by atoms with Crippen molar-refractivity contribution in [3.63, 3.8) is 0 Å². The predicted molar refractivity (Wildman–Crippen MR) is 188 cm³/mol. The monoisotopic (exact) mass is 644 g/mol. The lowest BCUT2D eigenvalue weighted by Crippen LogP contribution is -2.58. The fourth-order valence-corrected chi connectivity index (χ4v) is 8.38. The summed E-state index contributed by atoms with van der Waals surface area (Å²) in [6, 6.07) is 15.9. The highest BCUT2D eigenvalue weighted by molar-refractivity contribution is 5.95. The Hall–Kier alpha value is -3.59. The molecule has 2 bridgehead atoms. The van der Waals surface area contributed by atoms with Gasteiger partial charge in [0.15, 0.2) is 5.96 Å². The summed E-state index contributed by atoms with van der Waals surface area (Å²) in [5, 5.41) is 16.6. The summed E-state index contributed by atoms with van der Waals surface area (Å²) >= 11 is 0. The Morgan fingerprint density at radius 3 is 2.55 bits per heavy atom. The Kier molecular flexibility index (Phi) is 10.8. The maximum atomic E-state index is 14.4. The van der Waals surface area contributed by atoms with Crippen molar-refractivity contribution in [3.05, 3.63) is 65.2 Å². The molecule has 0 spiro atoms. The van der Waals surface area contributed by atoms with Crippen molar-refractivity contribution in [3.8, 4) is 5.75 Å². The van der Waals surface area contributed by atoms with Crippen molar-refractivity contribution >= 4 is 17.8 Å². The molecule has 7 N–H and O–H groups in total. The first-order valence-corrected chi connectivity index (χ1v) is 17.7. The summed E-state index contributed by atoms with van der Waals surface area (Å²) in [6.45, 7) is 11.9. The Balaban J connectivity index is 1.25. The Labute approximate surface area is 281 Å². The molecule has 1 saturated heterocycles. The molecule has 1 aliphatic heterocycles. The summed E-state index contributed by atoms with van der Waals surface area (Å²) < 4.78 is 0. The lowest BCUT2D eigenvalue weighted by atomic mass is 9.59. The van der Waals surface area contributed by atoms with E-state index < -0.39 is 11.5 Å². The first kappa shape index (κ1) is 34.7. The maximum absolute atomic E-state index is 14.4. The van der Waals surface area contributed by atoms with E-state index in [1.54, 1.807) is 0 Å². The van der Waals surface area contributed by atoms with E-state index >= 15 is 0 Å². The van der Waals surface area contributed by atoms with E-state index in [4.69, 9.17) is 11.5 Å². The van der Waals surface area contributed by atoms with E-state index in [2.05, 4.69) is 66.4 Å². The van der Waals surface area contributed by atoms with Crippen LogP contribution in [0.4, 0.5) is 0 Å². The zero-order valence-electron chi connectivity index (χ0n) is 28.8. The molecule has 1 heterocycles. The molecule has 0 unspecified atom stereocenters. The largest absolute Gasteiger partial charge is 0.508 e. The number of fused-ring (bicyclic) bond motifs is 4. The molecule has 5 rings (SSSR count). The topological polar surface area (TPSA) is 146 Å². The van der Waals surface area contributed by atoms with Gasteiger partial charge in [-0.2, -0.15) is 0 Å². The zero-order chi connectivity index (χ0) is 33.8. The maximum Gasteiger partial charge on any atom is 0.242 e. The smallest absolute Gasteiger partial charge is 0.242 e. The number of phenols is 1. The van der Waals surface area contributed by atoms with Gasteiger partial charge in [0.2, 0.25) is 11.8 Å². The van der Waals surface area contributed by atoms with Crippen LogP contribution in [0.1, 0.15) is 89.3 Å². The number of hydrogen-bond acceptors (Lipinski definition) is 5. The fourth-order valence-electron chi connectivity index (χ4n) is 8.38. The number of unbranched alkanes of at least 4 members (excludes halogenated alkanes) is 3. The van der Waals surface area contributed by atoms with Gasteiger partial charge in [-0.15, -0.1) is 0 Å². The summed E-state index contributed by atoms with van der Waals surface area (Å²) in [5.74, 6) is 1.18. The van der Waals surface area contributed by atoms with Gasteiger partial charge in [0.05, 0.1) is 5.41 Å². The molecule has 2 amide bonds. The number of hydrogen-bond donors (Lipinski definition) is 5. The molecule has 3 aliphatic rings. The minimum absolute atomic E-state index is 0.0238. The number of piperidine rings is 1. The highest BCUT2D eigenvalue weighted by Crippen LogP contribution is 2.57. The Morgan fingerprint density at radius 1 is 1.09 bits per heavy atom. The zero-order valence-corrected chi connectivity index (χ0v) is 28.8. The van der Waals surface area contributed by atoms with Crippen molar-refractivity contribution in [1.82, 2.24) is 15.5 Å². The van der Waals surface area contributed by atoms with Crippen LogP contribution in [0.5, 0.6) is 5.75 Å². The highest BCUT2D eigenvalue weighted by atomic mass is 16.3. The van der Waals surface area contributed by atoms with E-state index in [0.29, 0.717) is 37.2 Å². The van der Waals surface area contributed by atoms with Crippen LogP contribution in [0.3, 0.4) is 0 Å². The fraction of sp³-hybridized carbons (Fsp3) is 0.605. The van der Waals surface area contributed by atoms with E-state index in [0.717, 1.165) is 63.6 Å². The molecule has 2 aromatic rings. The van der Waals surface area contributed by atoms with Crippen molar-refractivity contribution in [1.29, 1.82) is 0 Å². The molecule has 256 valence electrons. The van der Waals surface area contributed by atoms with Crippen LogP contribution in [-0.2, 0) is 26.8 Å². The van der Waals surface area contributed by atoms with Gasteiger partial charge in [-0.05, 0) is 97.1 Å². The standard InChI is InChI=1S/C38H56N6O3/c1-25(2)20-32(34(46)41-17-10-5-6-11-18-42-36(39)40)43-35(47)38(28-12-8-7-9-13-28)23-29(38)24-44-19-16-37(4)26(3)33(44)21-27-14-15-30(45)22-31(27)37/h7-9,12-15,22,25-26,29,32-33,45H,5-6,10-11,16-21,23-24H2,1-4H3,(H,41,46)(H,43,47)(H4,39,40,42)/t26-,29-,32+,33-,37-,38+/m1/s1. The minimum atomic E-state index is -0.644. The second-order valence-electron chi connectivity index (χ2n) is 15.0. The second-order valence-corrected chi connectivity index (χ2v) is 15.0. The van der Waals surface area contributed by atoms with Gasteiger partial charge in [-0.25, -0.2) is 0 Å². The average molecular weight is 645 g/mol. The number of phenolic OH excluding ortho intramolecular Hbond substituents is 1. The molecule has 2 fully saturated rings. The third kappa shape index (κ3) is 7.61. The summed E-state index contributed by atoms with van der Waals surface area (Å²) in [5.41, 5.74) is 13.8. The SMILES string of the molecule is CC(C)C[C@H](NC(=O)[C@]1(c2ccccc2)C[C@@H]1CN1CC[C@@]2(C)c3cc(O)ccc3C[C@@H]1[C@H]2C)C(=O)NCCCCCCN=C(N)N. The number of carbonyl (C=O) groups excluding carboxylic acids is 2. The molecule has 9 heteroatoms. The van der Waals surface area contributed by atoms with Crippen LogP contribution in [0.2, 0.25) is 0 Å². The van der Waals surface area contributed by atoms with E-state index in [9.17, 15) is 14.7 Å². The van der Waals surface area contributed by atoms with E-state index in [-0.39, 0.29) is 35.0 Å². The number of guanidine groups is 1. The normalized spacial score (nSPS) is 27.0. The van der Waals surface area contributed by atoms with Crippen LogP contribution in [0.15, 0.2) is 53.5 Å². The third-order valence-corrected chi connectivity index (χ3v) is 11.4. The number of nitrogens with zero attached hydrogens (tertiary/aromatic N) is 2. The van der Waals surface area contributed by atoms with Crippen molar-refractivity contribution in [2.45, 2.75) is 102 Å². The van der Waals surface area contributed by atoms with Gasteiger partial charge in [0.25, 0.3) is 0 Å². The number of rotatable bonds is 15. The minimum Gasteiger partial charge on any atom is -0.508 e. The summed E-state index contributed by atoms with van der Waals surface area (Å²) in [6.07, 6.45) is 7.08. The number of benzene rings is 2. The third-order valence-electron chi connectivity index (χ3n) is 11.4. The molecule has 2 aliphatic carbocycles. The van der Waals surface area contributed by atoms with Crippen molar-refractivity contribution < 1.29 is 14.7 Å². The molecule has 1 saturated carbocycles. The number of amides is 2. The number of aromatic hydroxyl groups is 1. The number of nitrogens with one attached hydrogen (secondary N) is 2. The lowest BCUT2D eigenvalue weighted by molar-refractivity contribution is -0.131. The van der Waals surface area contributed by atoms with Crippen LogP contribution >= 0.6 is 0 Å². The number of likely N-dealkylation sites (tertiary alicyclic amines) is 1. The molecule has 6 atom stereocenters. The second kappa shape index (κ2) is 14.7. The molecular weight excluding hydrogens is 588 g/mol. The summed E-state index contributed by atoms with van der Waals surface area (Å²) in [7, 11) is 0. The predicted octanol–water partition coefficient (Wildman–Crippen LogP) is 4.36. The Morgan fingerprint density at radius 2 is 1.83 bits per heavy atom. The quantitative estimate of drug-likeness (QED) is 0.111. The van der Waals surface area contributed by atoms with Gasteiger partial charge < -0.3 is 27.2 Å². The van der Waals surface area contributed by atoms with Crippen molar-refractivity contribution in [2.24, 2.45) is 34.2 Å². The molecule has 9 nitrogen and oxygen atoms in total. The van der Waals surface area contributed by atoms with Gasteiger partial charge in [-0.3, -0.25) is 19.5 Å². The molecule has 2 aromatic carbocycles. The number of carbonyl (C=O) groups is 2. The Bertz CT molecular complexity index is 1430. The molecule has 0 aromatic heterocycles. The molecule has 47 heavy (non-hydrogen) atoms. The van der Waals surface area contributed by atoms with Gasteiger partial charge in [0.1, 0.15) is 11.8 Å². The van der Waals surface area contributed by atoms with Crippen LogP contribution in [-0.4, -0.2) is 66.0 Å². The average Bonchev–Trinajstić information content (AvgIpc) is 3.76.